The zero-order chi connectivity index (χ0) is 17.7. The summed E-state index contributed by atoms with van der Waals surface area (Å²) >= 11 is 0. The fourth-order valence-corrected chi connectivity index (χ4v) is 2.79. The van der Waals surface area contributed by atoms with Gasteiger partial charge >= 0.3 is 0 Å². The SMILES string of the molecule is COc1cc(CC(=O)N2CCN(C(C)=O)CC2)cc(OC)c1OC. The van der Waals surface area contributed by atoms with Crippen molar-refractivity contribution in [2.24, 2.45) is 0 Å². The van der Waals surface area contributed by atoms with Gasteiger partial charge in [-0.3, -0.25) is 9.59 Å². The fourth-order valence-electron chi connectivity index (χ4n) is 2.79. The average molecular weight is 336 g/mol. The second-order valence-electron chi connectivity index (χ2n) is 5.60. The van der Waals surface area contributed by atoms with Crippen LogP contribution < -0.4 is 14.2 Å². The molecule has 1 aromatic carbocycles. The van der Waals surface area contributed by atoms with Crippen LogP contribution in [0.1, 0.15) is 12.5 Å². The maximum Gasteiger partial charge on any atom is 0.227 e. The summed E-state index contributed by atoms with van der Waals surface area (Å²) in [4.78, 5) is 27.4. The number of methoxy groups -OCH3 is 3. The van der Waals surface area contributed by atoms with Crippen LogP contribution in [0.15, 0.2) is 12.1 Å². The molecule has 2 rings (SSSR count). The maximum absolute atomic E-state index is 12.5. The topological polar surface area (TPSA) is 68.3 Å². The highest BCUT2D eigenvalue weighted by Gasteiger charge is 2.23. The van der Waals surface area contributed by atoms with Gasteiger partial charge < -0.3 is 24.0 Å². The van der Waals surface area contributed by atoms with Crippen LogP contribution in [-0.4, -0.2) is 69.1 Å². The van der Waals surface area contributed by atoms with E-state index in [1.807, 2.05) is 0 Å². The van der Waals surface area contributed by atoms with Gasteiger partial charge in [-0.1, -0.05) is 0 Å². The number of hydrogen-bond acceptors (Lipinski definition) is 5. The Balaban J connectivity index is 2.08. The third kappa shape index (κ3) is 3.90. The first-order valence-corrected chi connectivity index (χ1v) is 7.82. The number of carbonyl (C=O) groups is 2. The molecular formula is C17H24N2O5. The lowest BCUT2D eigenvalue weighted by Gasteiger charge is -2.34. The fraction of sp³-hybridized carbons (Fsp3) is 0.529. The number of nitrogens with zero attached hydrogens (tertiary/aromatic N) is 2. The molecule has 0 bridgehead atoms. The first kappa shape index (κ1) is 17.9. The molecule has 0 saturated carbocycles. The van der Waals surface area contributed by atoms with Crippen molar-refractivity contribution >= 4 is 11.8 Å². The van der Waals surface area contributed by atoms with Crippen LogP contribution in [-0.2, 0) is 16.0 Å². The second-order valence-corrected chi connectivity index (χ2v) is 5.60. The zero-order valence-corrected chi connectivity index (χ0v) is 14.6. The van der Waals surface area contributed by atoms with E-state index in [9.17, 15) is 9.59 Å². The molecule has 1 aliphatic heterocycles. The third-order valence-electron chi connectivity index (χ3n) is 4.16. The first-order chi connectivity index (χ1) is 11.5. The number of carbonyl (C=O) groups excluding carboxylic acids is 2. The molecule has 1 saturated heterocycles. The van der Waals surface area contributed by atoms with Gasteiger partial charge in [0.05, 0.1) is 27.8 Å². The van der Waals surface area contributed by atoms with Gasteiger partial charge in [-0.2, -0.15) is 0 Å². The van der Waals surface area contributed by atoms with Crippen LogP contribution in [0.25, 0.3) is 0 Å². The number of ether oxygens (including phenoxy) is 3. The minimum absolute atomic E-state index is 0.0208. The highest BCUT2D eigenvalue weighted by molar-refractivity contribution is 5.80. The van der Waals surface area contributed by atoms with Crippen molar-refractivity contribution in [1.82, 2.24) is 9.80 Å². The van der Waals surface area contributed by atoms with Crippen molar-refractivity contribution in [3.63, 3.8) is 0 Å². The quantitative estimate of drug-likeness (QED) is 0.801. The first-order valence-electron chi connectivity index (χ1n) is 7.82. The van der Waals surface area contributed by atoms with E-state index < -0.39 is 0 Å². The van der Waals surface area contributed by atoms with Gasteiger partial charge in [-0.05, 0) is 17.7 Å². The number of piperazine rings is 1. The van der Waals surface area contributed by atoms with Crippen LogP contribution in [0.3, 0.4) is 0 Å². The summed E-state index contributed by atoms with van der Waals surface area (Å²) < 4.78 is 15.9. The minimum atomic E-state index is 0.0208. The molecule has 7 nitrogen and oxygen atoms in total. The van der Waals surface area contributed by atoms with Gasteiger partial charge in [0.15, 0.2) is 11.5 Å². The molecule has 1 aromatic rings. The van der Waals surface area contributed by atoms with E-state index in [2.05, 4.69) is 0 Å². The van der Waals surface area contributed by atoms with Crippen molar-refractivity contribution in [2.45, 2.75) is 13.3 Å². The van der Waals surface area contributed by atoms with E-state index >= 15 is 0 Å². The van der Waals surface area contributed by atoms with Gasteiger partial charge in [-0.15, -0.1) is 0 Å². The molecule has 1 heterocycles. The lowest BCUT2D eigenvalue weighted by molar-refractivity contribution is -0.138. The Hall–Kier alpha value is -2.44. The summed E-state index contributed by atoms with van der Waals surface area (Å²) in [7, 11) is 4.63. The van der Waals surface area contributed by atoms with E-state index in [1.54, 1.807) is 50.2 Å². The molecular weight excluding hydrogens is 312 g/mol. The molecule has 0 radical (unpaired) electrons. The normalized spacial score (nSPS) is 14.3. The highest BCUT2D eigenvalue weighted by atomic mass is 16.5. The van der Waals surface area contributed by atoms with Gasteiger partial charge in [0.1, 0.15) is 0 Å². The lowest BCUT2D eigenvalue weighted by Crippen LogP contribution is -2.50. The number of amides is 2. The minimum Gasteiger partial charge on any atom is -0.493 e. The van der Waals surface area contributed by atoms with Crippen LogP contribution in [0.4, 0.5) is 0 Å². The van der Waals surface area contributed by atoms with Crippen LogP contribution in [0.2, 0.25) is 0 Å². The molecule has 7 heteroatoms. The van der Waals surface area contributed by atoms with Crippen molar-refractivity contribution < 1.29 is 23.8 Å². The molecule has 2 amide bonds. The van der Waals surface area contributed by atoms with E-state index in [1.165, 1.54) is 0 Å². The van der Waals surface area contributed by atoms with E-state index in [0.29, 0.717) is 43.4 Å². The summed E-state index contributed by atoms with van der Waals surface area (Å²) in [5.41, 5.74) is 0.795. The molecule has 0 spiro atoms. The summed E-state index contributed by atoms with van der Waals surface area (Å²) in [5, 5.41) is 0. The Morgan fingerprint density at radius 1 is 0.917 bits per heavy atom. The summed E-state index contributed by atoms with van der Waals surface area (Å²) in [5.74, 6) is 1.63. The van der Waals surface area contributed by atoms with E-state index in [-0.39, 0.29) is 18.2 Å². The summed E-state index contributed by atoms with van der Waals surface area (Å²) in [6.07, 6.45) is 0.247. The van der Waals surface area contributed by atoms with E-state index in [0.717, 1.165) is 5.56 Å². The Kier molecular flexibility index (Phi) is 5.89. The average Bonchev–Trinajstić information content (AvgIpc) is 2.60. The molecule has 0 atom stereocenters. The zero-order valence-electron chi connectivity index (χ0n) is 14.6. The van der Waals surface area contributed by atoms with Crippen molar-refractivity contribution in [2.75, 3.05) is 47.5 Å². The predicted molar refractivity (Wildman–Crippen MR) is 88.6 cm³/mol. The van der Waals surface area contributed by atoms with Gasteiger partial charge in [0, 0.05) is 33.1 Å². The number of hydrogen-bond donors (Lipinski definition) is 0. The second kappa shape index (κ2) is 7.90. The summed E-state index contributed by atoms with van der Waals surface area (Å²) in [6.45, 7) is 3.83. The van der Waals surface area contributed by atoms with Crippen molar-refractivity contribution in [3.8, 4) is 17.2 Å². The van der Waals surface area contributed by atoms with Gasteiger partial charge in [0.2, 0.25) is 17.6 Å². The smallest absolute Gasteiger partial charge is 0.227 e. The van der Waals surface area contributed by atoms with Crippen molar-refractivity contribution in [3.05, 3.63) is 17.7 Å². The Morgan fingerprint density at radius 2 is 1.42 bits per heavy atom. The third-order valence-corrected chi connectivity index (χ3v) is 4.16. The van der Waals surface area contributed by atoms with Crippen molar-refractivity contribution in [1.29, 1.82) is 0 Å². The number of benzene rings is 1. The van der Waals surface area contributed by atoms with Crippen LogP contribution in [0.5, 0.6) is 17.2 Å². The molecule has 1 fully saturated rings. The standard InChI is InChI=1S/C17H24N2O5/c1-12(20)18-5-7-19(8-6-18)16(21)11-13-9-14(22-2)17(24-4)15(10-13)23-3/h9-10H,5-8,11H2,1-4H3. The van der Waals surface area contributed by atoms with Gasteiger partial charge in [0.25, 0.3) is 0 Å². The number of rotatable bonds is 5. The molecule has 1 aliphatic rings. The molecule has 0 aromatic heterocycles. The molecule has 0 N–H and O–H groups in total. The molecule has 0 aliphatic carbocycles. The molecule has 24 heavy (non-hydrogen) atoms. The molecule has 132 valence electrons. The summed E-state index contributed by atoms with van der Waals surface area (Å²) in [6, 6.07) is 3.57. The van der Waals surface area contributed by atoms with Crippen LogP contribution in [0, 0.1) is 0 Å². The highest BCUT2D eigenvalue weighted by Crippen LogP contribution is 2.38. The Bertz CT molecular complexity index is 584. The maximum atomic E-state index is 12.5. The largest absolute Gasteiger partial charge is 0.493 e. The molecule has 0 unspecified atom stereocenters. The van der Waals surface area contributed by atoms with Gasteiger partial charge in [-0.25, -0.2) is 0 Å². The Morgan fingerprint density at radius 3 is 1.83 bits per heavy atom. The van der Waals surface area contributed by atoms with E-state index in [4.69, 9.17) is 14.2 Å². The monoisotopic (exact) mass is 336 g/mol. The Labute approximate surface area is 142 Å². The lowest BCUT2D eigenvalue weighted by atomic mass is 10.1. The van der Waals surface area contributed by atoms with Crippen LogP contribution >= 0.6 is 0 Å². The predicted octanol–water partition coefficient (Wildman–Crippen LogP) is 0.946.